The van der Waals surface area contributed by atoms with E-state index in [2.05, 4.69) is 0 Å². The van der Waals surface area contributed by atoms with Crippen molar-refractivity contribution >= 4 is 23.5 Å². The molecule has 1 aromatic rings. The summed E-state index contributed by atoms with van der Waals surface area (Å²) < 4.78 is 13.6. The molecule has 22 heavy (non-hydrogen) atoms. The van der Waals surface area contributed by atoms with Crippen molar-refractivity contribution in [3.05, 3.63) is 34.6 Å². The van der Waals surface area contributed by atoms with Crippen molar-refractivity contribution < 1.29 is 19.1 Å². The van der Waals surface area contributed by atoms with Gasteiger partial charge in [-0.1, -0.05) is 30.5 Å². The molecule has 2 aliphatic rings. The van der Waals surface area contributed by atoms with E-state index in [4.69, 9.17) is 11.6 Å². The SMILES string of the molecule is O=C(O)C1CC2CCCCC2N1C(=O)c1cccc(F)c1Cl. The van der Waals surface area contributed by atoms with Crippen LogP contribution in [-0.2, 0) is 4.79 Å². The molecule has 0 aromatic heterocycles. The molecule has 1 amide bonds. The van der Waals surface area contributed by atoms with E-state index in [-0.39, 0.29) is 22.5 Å². The van der Waals surface area contributed by atoms with Crippen molar-refractivity contribution in [2.45, 2.75) is 44.2 Å². The lowest BCUT2D eigenvalue weighted by atomic mass is 9.84. The van der Waals surface area contributed by atoms with Gasteiger partial charge in [-0.05, 0) is 37.3 Å². The van der Waals surface area contributed by atoms with E-state index in [9.17, 15) is 19.1 Å². The van der Waals surface area contributed by atoms with Crippen molar-refractivity contribution in [2.24, 2.45) is 5.92 Å². The van der Waals surface area contributed by atoms with Crippen molar-refractivity contribution in [1.29, 1.82) is 0 Å². The molecule has 0 spiro atoms. The van der Waals surface area contributed by atoms with E-state index >= 15 is 0 Å². The zero-order chi connectivity index (χ0) is 15.9. The summed E-state index contributed by atoms with van der Waals surface area (Å²) in [5, 5.41) is 9.21. The van der Waals surface area contributed by atoms with E-state index in [0.717, 1.165) is 25.7 Å². The number of likely N-dealkylation sites (tertiary alicyclic amines) is 1. The van der Waals surface area contributed by atoms with Crippen LogP contribution in [-0.4, -0.2) is 34.0 Å². The van der Waals surface area contributed by atoms with E-state index < -0.39 is 23.7 Å². The fourth-order valence-corrected chi connectivity index (χ4v) is 3.99. The molecular formula is C16H17ClFNO3. The van der Waals surface area contributed by atoms with Gasteiger partial charge in [0.25, 0.3) is 5.91 Å². The highest BCUT2D eigenvalue weighted by Crippen LogP contribution is 2.41. The number of fused-ring (bicyclic) bond motifs is 1. The van der Waals surface area contributed by atoms with Gasteiger partial charge in [-0.2, -0.15) is 0 Å². The fraction of sp³-hybridized carbons (Fsp3) is 0.500. The summed E-state index contributed by atoms with van der Waals surface area (Å²) in [7, 11) is 0. The van der Waals surface area contributed by atoms with E-state index in [1.807, 2.05) is 0 Å². The Balaban J connectivity index is 1.97. The summed E-state index contributed by atoms with van der Waals surface area (Å²) in [6.07, 6.45) is 4.26. The van der Waals surface area contributed by atoms with Crippen LogP contribution in [0.25, 0.3) is 0 Å². The molecule has 0 radical (unpaired) electrons. The maximum absolute atomic E-state index is 13.6. The van der Waals surface area contributed by atoms with Gasteiger partial charge in [0.15, 0.2) is 0 Å². The van der Waals surface area contributed by atoms with E-state index in [1.165, 1.54) is 23.1 Å². The highest BCUT2D eigenvalue weighted by Gasteiger charge is 2.48. The minimum atomic E-state index is -1.00. The van der Waals surface area contributed by atoms with Crippen molar-refractivity contribution in [2.75, 3.05) is 0 Å². The molecule has 3 unspecified atom stereocenters. The largest absolute Gasteiger partial charge is 0.480 e. The van der Waals surface area contributed by atoms with Crippen molar-refractivity contribution in [3.63, 3.8) is 0 Å². The Morgan fingerprint density at radius 2 is 2.00 bits per heavy atom. The Morgan fingerprint density at radius 3 is 2.73 bits per heavy atom. The molecule has 6 heteroatoms. The van der Waals surface area contributed by atoms with Crippen molar-refractivity contribution in [3.8, 4) is 0 Å². The molecule has 1 aliphatic heterocycles. The summed E-state index contributed by atoms with van der Waals surface area (Å²) in [5.74, 6) is -1.94. The normalized spacial score (nSPS) is 27.5. The number of benzene rings is 1. The molecule has 3 atom stereocenters. The fourth-order valence-electron chi connectivity index (χ4n) is 3.78. The minimum absolute atomic E-state index is 0.0409. The predicted molar refractivity (Wildman–Crippen MR) is 79.4 cm³/mol. The molecule has 1 saturated heterocycles. The number of nitrogens with zero attached hydrogens (tertiary/aromatic N) is 1. The molecule has 1 N–H and O–H groups in total. The number of carbonyl (C=O) groups is 2. The van der Waals surface area contributed by atoms with Crippen LogP contribution in [0.2, 0.25) is 5.02 Å². The lowest BCUT2D eigenvalue weighted by Crippen LogP contribution is -2.46. The maximum atomic E-state index is 13.6. The third kappa shape index (κ3) is 2.47. The van der Waals surface area contributed by atoms with Gasteiger partial charge >= 0.3 is 5.97 Å². The highest BCUT2D eigenvalue weighted by molar-refractivity contribution is 6.34. The Hall–Kier alpha value is -1.62. The third-order valence-electron chi connectivity index (χ3n) is 4.79. The first-order valence-corrected chi connectivity index (χ1v) is 7.88. The topological polar surface area (TPSA) is 57.6 Å². The first-order valence-electron chi connectivity index (χ1n) is 7.50. The molecule has 1 heterocycles. The molecule has 1 aliphatic carbocycles. The monoisotopic (exact) mass is 325 g/mol. The number of halogens is 2. The average molecular weight is 326 g/mol. The molecule has 2 fully saturated rings. The number of carboxylic acids is 1. The van der Waals surface area contributed by atoms with Gasteiger partial charge in [0, 0.05) is 6.04 Å². The quantitative estimate of drug-likeness (QED) is 0.907. The standard InChI is InChI=1S/C16H17ClFNO3/c17-14-10(5-3-6-11(14)18)15(20)19-12-7-2-1-4-9(12)8-13(19)16(21)22/h3,5-6,9,12-13H,1-2,4,7-8H2,(H,21,22). The van der Waals surface area contributed by atoms with Crippen LogP contribution in [0.5, 0.6) is 0 Å². The first kappa shape index (κ1) is 15.3. The van der Waals surface area contributed by atoms with Crippen LogP contribution in [0.15, 0.2) is 18.2 Å². The van der Waals surface area contributed by atoms with Gasteiger partial charge in [-0.25, -0.2) is 9.18 Å². The van der Waals surface area contributed by atoms with Crippen LogP contribution in [0.4, 0.5) is 4.39 Å². The second kappa shape index (κ2) is 5.88. The lowest BCUT2D eigenvalue weighted by Gasteiger charge is -2.33. The number of carboxylic acid groups (broad SMARTS) is 1. The molecular weight excluding hydrogens is 309 g/mol. The van der Waals surface area contributed by atoms with Gasteiger partial charge in [-0.15, -0.1) is 0 Å². The number of carbonyl (C=O) groups excluding carboxylic acids is 1. The van der Waals surface area contributed by atoms with Crippen LogP contribution < -0.4 is 0 Å². The number of amides is 1. The van der Waals surface area contributed by atoms with Gasteiger partial charge < -0.3 is 10.0 Å². The Bertz CT molecular complexity index is 621. The Morgan fingerprint density at radius 1 is 1.27 bits per heavy atom. The van der Waals surface area contributed by atoms with Gasteiger partial charge in [0.1, 0.15) is 11.9 Å². The summed E-state index contributed by atoms with van der Waals surface area (Å²) >= 11 is 5.90. The minimum Gasteiger partial charge on any atom is -0.480 e. The molecule has 3 rings (SSSR count). The Labute approximate surface area is 132 Å². The second-order valence-corrected chi connectivity index (χ2v) is 6.39. The van der Waals surface area contributed by atoms with Crippen LogP contribution in [0, 0.1) is 11.7 Å². The van der Waals surface area contributed by atoms with Crippen LogP contribution in [0.3, 0.4) is 0 Å². The number of rotatable bonds is 2. The van der Waals surface area contributed by atoms with Gasteiger partial charge in [0.05, 0.1) is 10.6 Å². The van der Waals surface area contributed by atoms with E-state index in [0.29, 0.717) is 6.42 Å². The second-order valence-electron chi connectivity index (χ2n) is 6.02. The zero-order valence-corrected chi connectivity index (χ0v) is 12.7. The summed E-state index contributed by atoms with van der Waals surface area (Å²) in [6.45, 7) is 0. The van der Waals surface area contributed by atoms with Crippen molar-refractivity contribution in [1.82, 2.24) is 4.90 Å². The first-order chi connectivity index (χ1) is 10.5. The summed E-state index contributed by atoms with van der Waals surface area (Å²) in [4.78, 5) is 25.8. The molecule has 118 valence electrons. The zero-order valence-electron chi connectivity index (χ0n) is 12.0. The predicted octanol–water partition coefficient (Wildman–Crippen LogP) is 3.34. The number of aliphatic carboxylic acids is 1. The smallest absolute Gasteiger partial charge is 0.326 e. The van der Waals surface area contributed by atoms with Gasteiger partial charge in [0.2, 0.25) is 0 Å². The molecule has 1 saturated carbocycles. The average Bonchev–Trinajstić information content (AvgIpc) is 2.89. The van der Waals surface area contributed by atoms with E-state index in [1.54, 1.807) is 0 Å². The van der Waals surface area contributed by atoms with Gasteiger partial charge in [-0.3, -0.25) is 4.79 Å². The van der Waals surface area contributed by atoms with Crippen LogP contribution >= 0.6 is 11.6 Å². The molecule has 4 nitrogen and oxygen atoms in total. The lowest BCUT2D eigenvalue weighted by molar-refractivity contribution is -0.141. The molecule has 1 aromatic carbocycles. The summed E-state index contributed by atoms with van der Waals surface area (Å²) in [5.41, 5.74) is 0.0409. The highest BCUT2D eigenvalue weighted by atomic mass is 35.5. The third-order valence-corrected chi connectivity index (χ3v) is 5.17. The molecule has 0 bridgehead atoms. The Kier molecular flexibility index (Phi) is 4.08. The number of hydrogen-bond donors (Lipinski definition) is 1. The maximum Gasteiger partial charge on any atom is 0.326 e. The summed E-state index contributed by atoms with van der Waals surface area (Å²) in [6, 6.07) is 3.12. The van der Waals surface area contributed by atoms with Crippen LogP contribution in [0.1, 0.15) is 42.5 Å². The number of hydrogen-bond acceptors (Lipinski definition) is 2.